The Morgan fingerprint density at radius 2 is 2.19 bits per heavy atom. The molecule has 0 saturated carbocycles. The van der Waals surface area contributed by atoms with E-state index in [9.17, 15) is 0 Å². The number of aryl methyl sites for hydroxylation is 1. The van der Waals surface area contributed by atoms with E-state index < -0.39 is 0 Å². The lowest BCUT2D eigenvalue weighted by Crippen LogP contribution is -2.02. The van der Waals surface area contributed by atoms with Crippen LogP contribution in [0.3, 0.4) is 0 Å². The summed E-state index contributed by atoms with van der Waals surface area (Å²) in [5.74, 6) is 0. The summed E-state index contributed by atoms with van der Waals surface area (Å²) < 4.78 is 1.83. The normalized spacial score (nSPS) is 13.8. The van der Waals surface area contributed by atoms with E-state index in [1.54, 1.807) is 0 Å². The van der Waals surface area contributed by atoms with E-state index in [0.29, 0.717) is 0 Å². The molecule has 0 atom stereocenters. The maximum absolute atomic E-state index is 4.28. The minimum atomic E-state index is 0.906. The first kappa shape index (κ1) is 9.33. The van der Waals surface area contributed by atoms with Crippen LogP contribution in [0, 0.1) is 0 Å². The molecule has 0 amide bonds. The number of fused-ring (bicyclic) bond motifs is 1. The summed E-state index contributed by atoms with van der Waals surface area (Å²) in [4.78, 5) is 4.28. The number of nitrogens with zero attached hydrogens (tertiary/aromatic N) is 3. The Morgan fingerprint density at radius 3 is 3.00 bits per heavy atom. The number of aliphatic imine (C=N–C) groups is 1. The van der Waals surface area contributed by atoms with E-state index in [-0.39, 0.29) is 0 Å². The first-order valence-electron chi connectivity index (χ1n) is 5.45. The molecule has 1 aliphatic heterocycles. The van der Waals surface area contributed by atoms with Gasteiger partial charge in [-0.1, -0.05) is 18.2 Å². The second kappa shape index (κ2) is 3.59. The fraction of sp³-hybridized carbons (Fsp3) is 0.231. The van der Waals surface area contributed by atoms with Crippen LogP contribution in [0.5, 0.6) is 0 Å². The molecular formula is C13H13N3. The lowest BCUT2D eigenvalue weighted by molar-refractivity contribution is 0.768. The molecule has 1 aliphatic rings. The van der Waals surface area contributed by atoms with Crippen LogP contribution in [-0.2, 0) is 13.5 Å². The Bertz CT molecular complexity index is 552. The number of aromatic nitrogens is 2. The average Bonchev–Trinajstić information content (AvgIpc) is 2.75. The van der Waals surface area contributed by atoms with Crippen molar-refractivity contribution in [2.45, 2.75) is 6.42 Å². The zero-order valence-corrected chi connectivity index (χ0v) is 9.22. The van der Waals surface area contributed by atoms with Gasteiger partial charge in [-0.25, -0.2) is 0 Å². The van der Waals surface area contributed by atoms with Crippen molar-refractivity contribution in [1.29, 1.82) is 0 Å². The molecule has 16 heavy (non-hydrogen) atoms. The zero-order valence-electron chi connectivity index (χ0n) is 9.22. The van der Waals surface area contributed by atoms with Gasteiger partial charge in [-0.2, -0.15) is 5.10 Å². The lowest BCUT2D eigenvalue weighted by atomic mass is 9.98. The van der Waals surface area contributed by atoms with Crippen LogP contribution >= 0.6 is 0 Å². The van der Waals surface area contributed by atoms with E-state index in [1.165, 1.54) is 22.3 Å². The number of benzene rings is 1. The number of hydrogen-bond acceptors (Lipinski definition) is 2. The third kappa shape index (κ3) is 1.54. The fourth-order valence-corrected chi connectivity index (χ4v) is 2.05. The molecular weight excluding hydrogens is 198 g/mol. The molecule has 2 aromatic rings. The van der Waals surface area contributed by atoms with Gasteiger partial charge in [0.1, 0.15) is 0 Å². The quantitative estimate of drug-likeness (QED) is 0.710. The Morgan fingerprint density at radius 1 is 1.25 bits per heavy atom. The molecule has 0 radical (unpaired) electrons. The van der Waals surface area contributed by atoms with Gasteiger partial charge in [0.15, 0.2) is 0 Å². The third-order valence-electron chi connectivity index (χ3n) is 2.92. The molecule has 0 saturated heterocycles. The Hall–Kier alpha value is -1.90. The molecule has 0 bridgehead atoms. The van der Waals surface area contributed by atoms with Gasteiger partial charge >= 0.3 is 0 Å². The molecule has 3 nitrogen and oxygen atoms in total. The predicted molar refractivity (Wildman–Crippen MR) is 64.8 cm³/mol. The maximum atomic E-state index is 4.28. The van der Waals surface area contributed by atoms with Gasteiger partial charge in [0.2, 0.25) is 0 Å². The Kier molecular flexibility index (Phi) is 2.10. The number of hydrogen-bond donors (Lipinski definition) is 0. The molecule has 2 heterocycles. The summed E-state index contributed by atoms with van der Waals surface area (Å²) in [6.07, 6.45) is 6.95. The molecule has 1 aromatic carbocycles. The topological polar surface area (TPSA) is 30.2 Å². The van der Waals surface area contributed by atoms with E-state index in [4.69, 9.17) is 0 Å². The van der Waals surface area contributed by atoms with E-state index in [1.807, 2.05) is 30.3 Å². The molecule has 80 valence electrons. The predicted octanol–water partition coefficient (Wildman–Crippen LogP) is 2.06. The summed E-state index contributed by atoms with van der Waals surface area (Å²) in [6.45, 7) is 0.906. The van der Waals surface area contributed by atoms with Crippen LogP contribution in [0.1, 0.15) is 11.1 Å². The van der Waals surface area contributed by atoms with Crippen molar-refractivity contribution in [2.75, 3.05) is 6.54 Å². The van der Waals surface area contributed by atoms with Gasteiger partial charge in [0, 0.05) is 31.6 Å². The van der Waals surface area contributed by atoms with Gasteiger partial charge in [0.25, 0.3) is 0 Å². The van der Waals surface area contributed by atoms with Crippen molar-refractivity contribution in [3.63, 3.8) is 0 Å². The van der Waals surface area contributed by atoms with E-state index in [2.05, 4.69) is 28.3 Å². The van der Waals surface area contributed by atoms with Gasteiger partial charge in [0.05, 0.1) is 6.20 Å². The zero-order chi connectivity index (χ0) is 11.0. The van der Waals surface area contributed by atoms with Crippen molar-refractivity contribution >= 4 is 6.21 Å². The largest absolute Gasteiger partial charge is 0.292 e. The molecule has 0 spiro atoms. The van der Waals surface area contributed by atoms with E-state index >= 15 is 0 Å². The van der Waals surface area contributed by atoms with Crippen molar-refractivity contribution < 1.29 is 0 Å². The molecule has 0 N–H and O–H groups in total. The van der Waals surface area contributed by atoms with E-state index in [0.717, 1.165) is 13.0 Å². The fourth-order valence-electron chi connectivity index (χ4n) is 2.05. The van der Waals surface area contributed by atoms with Gasteiger partial charge < -0.3 is 0 Å². The summed E-state index contributed by atoms with van der Waals surface area (Å²) in [7, 11) is 1.94. The standard InChI is InChI=1S/C13H13N3/c1-16-9-13(8-15-16)10-2-3-12-7-14-5-4-11(12)6-10/h2-3,6-9H,4-5H2,1H3. The van der Waals surface area contributed by atoms with Crippen molar-refractivity contribution in [1.82, 2.24) is 9.78 Å². The summed E-state index contributed by atoms with van der Waals surface area (Å²) in [5.41, 5.74) is 5.05. The summed E-state index contributed by atoms with van der Waals surface area (Å²) >= 11 is 0. The highest BCUT2D eigenvalue weighted by Gasteiger charge is 2.07. The summed E-state index contributed by atoms with van der Waals surface area (Å²) in [5, 5.41) is 4.20. The molecule has 3 heteroatoms. The van der Waals surface area contributed by atoms with Gasteiger partial charge in [-0.3, -0.25) is 9.67 Å². The Balaban J connectivity index is 2.06. The van der Waals surface area contributed by atoms with Crippen LogP contribution in [0.4, 0.5) is 0 Å². The first-order chi connectivity index (χ1) is 7.83. The molecule has 3 rings (SSSR count). The van der Waals surface area contributed by atoms with Crippen molar-refractivity contribution in [3.05, 3.63) is 41.7 Å². The van der Waals surface area contributed by atoms with Crippen LogP contribution < -0.4 is 0 Å². The highest BCUT2D eigenvalue weighted by molar-refractivity contribution is 5.84. The lowest BCUT2D eigenvalue weighted by Gasteiger charge is -2.10. The average molecular weight is 211 g/mol. The van der Waals surface area contributed by atoms with Gasteiger partial charge in [-0.05, 0) is 23.1 Å². The molecule has 0 unspecified atom stereocenters. The smallest absolute Gasteiger partial charge is 0.0568 e. The maximum Gasteiger partial charge on any atom is 0.0568 e. The van der Waals surface area contributed by atoms with Crippen LogP contribution in [0.25, 0.3) is 11.1 Å². The van der Waals surface area contributed by atoms with Crippen molar-refractivity contribution in [2.24, 2.45) is 12.0 Å². The second-order valence-electron chi connectivity index (χ2n) is 4.10. The number of rotatable bonds is 1. The molecule has 0 fully saturated rings. The second-order valence-corrected chi connectivity index (χ2v) is 4.10. The third-order valence-corrected chi connectivity index (χ3v) is 2.92. The highest BCUT2D eigenvalue weighted by Crippen LogP contribution is 2.23. The minimum absolute atomic E-state index is 0.906. The van der Waals surface area contributed by atoms with Crippen LogP contribution in [0.15, 0.2) is 35.6 Å². The molecule has 1 aromatic heterocycles. The highest BCUT2D eigenvalue weighted by atomic mass is 15.2. The van der Waals surface area contributed by atoms with Gasteiger partial charge in [-0.15, -0.1) is 0 Å². The Labute approximate surface area is 94.4 Å². The first-order valence-corrected chi connectivity index (χ1v) is 5.45. The SMILES string of the molecule is Cn1cc(-c2ccc3c(c2)CCN=C3)cn1. The van der Waals surface area contributed by atoms with Crippen LogP contribution in [0.2, 0.25) is 0 Å². The minimum Gasteiger partial charge on any atom is -0.292 e. The monoisotopic (exact) mass is 211 g/mol. The van der Waals surface area contributed by atoms with Crippen molar-refractivity contribution in [3.8, 4) is 11.1 Å². The van der Waals surface area contributed by atoms with Crippen LogP contribution in [-0.4, -0.2) is 22.5 Å². The summed E-state index contributed by atoms with van der Waals surface area (Å²) in [6, 6.07) is 6.52. The molecule has 0 aliphatic carbocycles.